The van der Waals surface area contributed by atoms with E-state index in [-0.39, 0.29) is 17.5 Å². The molecule has 2 aromatic carbocycles. The zero-order valence-corrected chi connectivity index (χ0v) is 19.7. The van der Waals surface area contributed by atoms with E-state index in [2.05, 4.69) is 29.4 Å². The lowest BCUT2D eigenvalue weighted by molar-refractivity contribution is -0.117. The van der Waals surface area contributed by atoms with Crippen molar-refractivity contribution in [3.63, 3.8) is 0 Å². The molecule has 2 N–H and O–H groups in total. The largest absolute Gasteiger partial charge is 0.497 e. The minimum Gasteiger partial charge on any atom is -0.497 e. The number of likely N-dealkylation sites (N-methyl/N-ethyl adjacent to an activating group) is 1. The average molecular weight is 449 g/mol. The van der Waals surface area contributed by atoms with Crippen molar-refractivity contribution in [1.29, 1.82) is 0 Å². The van der Waals surface area contributed by atoms with E-state index in [1.54, 1.807) is 37.5 Å². The Morgan fingerprint density at radius 1 is 1.06 bits per heavy atom. The summed E-state index contributed by atoms with van der Waals surface area (Å²) < 4.78 is 7.16. The van der Waals surface area contributed by atoms with E-state index >= 15 is 0 Å². The molecule has 174 valence electrons. The number of ether oxygens (including phenoxy) is 1. The Bertz CT molecular complexity index is 1130. The Morgan fingerprint density at radius 3 is 2.42 bits per heavy atom. The fraction of sp³-hybridized carbons (Fsp3) is 0.308. The summed E-state index contributed by atoms with van der Waals surface area (Å²) >= 11 is 0. The number of nitrogens with zero attached hydrogens (tertiary/aromatic N) is 2. The Balaban J connectivity index is 1.87. The molecule has 1 heterocycles. The molecule has 0 radical (unpaired) electrons. The summed E-state index contributed by atoms with van der Waals surface area (Å²) in [5.74, 6) is -0.0211. The van der Waals surface area contributed by atoms with Gasteiger partial charge in [-0.1, -0.05) is 32.0 Å². The first-order chi connectivity index (χ1) is 16.0. The highest BCUT2D eigenvalue weighted by molar-refractivity contribution is 6.06. The molecule has 3 rings (SSSR count). The van der Waals surface area contributed by atoms with Gasteiger partial charge in [0, 0.05) is 48.4 Å². The van der Waals surface area contributed by atoms with Crippen LogP contribution >= 0.6 is 0 Å². The van der Waals surface area contributed by atoms with Gasteiger partial charge in [-0.2, -0.15) is 0 Å². The number of hydrogen-bond donors (Lipinski definition) is 2. The van der Waals surface area contributed by atoms with Gasteiger partial charge in [0.2, 0.25) is 0 Å². The van der Waals surface area contributed by atoms with Crippen LogP contribution in [0.15, 0.2) is 60.4 Å². The van der Waals surface area contributed by atoms with Crippen LogP contribution in [0.1, 0.15) is 29.8 Å². The molecule has 7 nitrogen and oxygen atoms in total. The zero-order valence-electron chi connectivity index (χ0n) is 19.7. The molecule has 3 aromatic rings. The van der Waals surface area contributed by atoms with Crippen LogP contribution in [-0.2, 0) is 11.8 Å². The summed E-state index contributed by atoms with van der Waals surface area (Å²) in [6.07, 6.45) is 3.68. The Hall–Kier alpha value is -3.58. The number of hydrogen-bond acceptors (Lipinski definition) is 4. The predicted molar refractivity (Wildman–Crippen MR) is 132 cm³/mol. The number of aromatic nitrogens is 1. The smallest absolute Gasteiger partial charge is 0.267 e. The van der Waals surface area contributed by atoms with Crippen molar-refractivity contribution in [1.82, 2.24) is 20.1 Å². The Kier molecular flexibility index (Phi) is 8.27. The van der Waals surface area contributed by atoms with E-state index < -0.39 is 0 Å². The second-order valence-corrected chi connectivity index (χ2v) is 7.74. The molecule has 0 unspecified atom stereocenters. The number of amides is 2. The quantitative estimate of drug-likeness (QED) is 0.466. The van der Waals surface area contributed by atoms with E-state index in [1.807, 2.05) is 42.1 Å². The number of benzene rings is 2. The molecule has 0 saturated carbocycles. The van der Waals surface area contributed by atoms with Crippen molar-refractivity contribution in [2.75, 3.05) is 33.3 Å². The molecule has 2 amide bonds. The maximum Gasteiger partial charge on any atom is 0.267 e. The summed E-state index contributed by atoms with van der Waals surface area (Å²) in [4.78, 5) is 28.2. The van der Waals surface area contributed by atoms with Crippen LogP contribution in [0.5, 0.6) is 5.75 Å². The van der Waals surface area contributed by atoms with Gasteiger partial charge in [-0.25, -0.2) is 0 Å². The molecule has 7 heteroatoms. The number of methoxy groups -OCH3 is 1. The number of rotatable bonds is 10. The highest BCUT2D eigenvalue weighted by Crippen LogP contribution is 2.22. The maximum atomic E-state index is 13.1. The predicted octanol–water partition coefficient (Wildman–Crippen LogP) is 3.42. The highest BCUT2D eigenvalue weighted by atomic mass is 16.5. The first-order valence-electron chi connectivity index (χ1n) is 11.2. The van der Waals surface area contributed by atoms with E-state index in [0.29, 0.717) is 17.9 Å². The molecule has 0 aliphatic heterocycles. The molecule has 1 aromatic heterocycles. The fourth-order valence-corrected chi connectivity index (χ4v) is 3.70. The normalized spacial score (nSPS) is 11.6. The van der Waals surface area contributed by atoms with E-state index in [4.69, 9.17) is 4.74 Å². The van der Waals surface area contributed by atoms with Crippen molar-refractivity contribution >= 4 is 28.8 Å². The number of carbonyl (C=O) groups is 2. The van der Waals surface area contributed by atoms with Gasteiger partial charge in [0.1, 0.15) is 11.4 Å². The minimum atomic E-state index is -0.358. The van der Waals surface area contributed by atoms with Crippen LogP contribution in [0.4, 0.5) is 0 Å². The lowest BCUT2D eigenvalue weighted by atomic mass is 10.1. The van der Waals surface area contributed by atoms with Crippen molar-refractivity contribution in [3.8, 4) is 5.75 Å². The van der Waals surface area contributed by atoms with Gasteiger partial charge in [0.05, 0.1) is 7.11 Å². The zero-order chi connectivity index (χ0) is 23.8. The van der Waals surface area contributed by atoms with Gasteiger partial charge in [0.25, 0.3) is 11.8 Å². The van der Waals surface area contributed by atoms with Crippen LogP contribution in [0.2, 0.25) is 0 Å². The van der Waals surface area contributed by atoms with Crippen molar-refractivity contribution < 1.29 is 14.3 Å². The third kappa shape index (κ3) is 6.02. The Labute approximate surface area is 195 Å². The summed E-state index contributed by atoms with van der Waals surface area (Å²) in [5, 5.41) is 6.75. The Morgan fingerprint density at radius 2 is 1.76 bits per heavy atom. The minimum absolute atomic E-state index is 0.201. The first kappa shape index (κ1) is 24.1. The van der Waals surface area contributed by atoms with Crippen LogP contribution < -0.4 is 15.4 Å². The lowest BCUT2D eigenvalue weighted by Gasteiger charge is -2.18. The topological polar surface area (TPSA) is 75.6 Å². The third-order valence-electron chi connectivity index (χ3n) is 5.68. The molecule has 0 fully saturated rings. The van der Waals surface area contributed by atoms with Gasteiger partial charge in [0.15, 0.2) is 0 Å². The molecule has 0 aliphatic carbocycles. The first-order valence-corrected chi connectivity index (χ1v) is 11.2. The number of para-hydroxylation sites is 1. The van der Waals surface area contributed by atoms with Gasteiger partial charge in [-0.3, -0.25) is 9.59 Å². The number of aryl methyl sites for hydroxylation is 1. The second-order valence-electron chi connectivity index (χ2n) is 7.74. The van der Waals surface area contributed by atoms with Crippen molar-refractivity contribution in [3.05, 3.63) is 71.6 Å². The second kappa shape index (κ2) is 11.3. The van der Waals surface area contributed by atoms with Crippen LogP contribution in [0.25, 0.3) is 17.0 Å². The molecule has 33 heavy (non-hydrogen) atoms. The monoisotopic (exact) mass is 448 g/mol. The van der Waals surface area contributed by atoms with Crippen molar-refractivity contribution in [2.24, 2.45) is 7.05 Å². The maximum absolute atomic E-state index is 13.1. The van der Waals surface area contributed by atoms with E-state index in [1.165, 1.54) is 0 Å². The van der Waals surface area contributed by atoms with E-state index in [9.17, 15) is 9.59 Å². The number of carbonyl (C=O) groups excluding carboxylic acids is 2. The van der Waals surface area contributed by atoms with Gasteiger partial charge in [-0.05, 0) is 49.5 Å². The number of fused-ring (bicyclic) bond motifs is 1. The van der Waals surface area contributed by atoms with Crippen LogP contribution in [0, 0.1) is 0 Å². The summed E-state index contributed by atoms with van der Waals surface area (Å²) in [6, 6.07) is 14.7. The van der Waals surface area contributed by atoms with Crippen LogP contribution in [0.3, 0.4) is 0 Å². The van der Waals surface area contributed by atoms with Gasteiger partial charge in [-0.15, -0.1) is 0 Å². The lowest BCUT2D eigenvalue weighted by Crippen LogP contribution is -2.39. The molecule has 0 bridgehead atoms. The van der Waals surface area contributed by atoms with Crippen LogP contribution in [-0.4, -0.2) is 54.6 Å². The molecule has 0 spiro atoms. The standard InChI is InChI=1S/C26H32N4O3/c1-5-30(6-2)16-15-27-26(32)23(28-25(31)19-11-13-21(33-4)14-12-19)17-20-18-29(3)24-10-8-7-9-22(20)24/h7-14,17-18H,5-6,15-16H2,1-4H3,(H,27,32)(H,28,31)/b23-17-. The molecule has 0 aliphatic rings. The average Bonchev–Trinajstić information content (AvgIpc) is 3.16. The highest BCUT2D eigenvalue weighted by Gasteiger charge is 2.16. The SMILES string of the molecule is CCN(CC)CCNC(=O)/C(=C/c1cn(C)c2ccccc12)NC(=O)c1ccc(OC)cc1. The summed E-state index contributed by atoms with van der Waals surface area (Å²) in [7, 11) is 3.53. The summed E-state index contributed by atoms with van der Waals surface area (Å²) in [5.41, 5.74) is 2.55. The van der Waals surface area contributed by atoms with Gasteiger partial charge < -0.3 is 24.8 Å². The summed E-state index contributed by atoms with van der Waals surface area (Å²) in [6.45, 7) is 7.25. The molecular weight excluding hydrogens is 416 g/mol. The van der Waals surface area contributed by atoms with E-state index in [0.717, 1.165) is 36.1 Å². The molecule has 0 saturated heterocycles. The number of nitrogens with one attached hydrogen (secondary N) is 2. The van der Waals surface area contributed by atoms with Crippen molar-refractivity contribution in [2.45, 2.75) is 13.8 Å². The molecular formula is C26H32N4O3. The fourth-order valence-electron chi connectivity index (χ4n) is 3.70. The van der Waals surface area contributed by atoms with Gasteiger partial charge >= 0.3 is 0 Å². The third-order valence-corrected chi connectivity index (χ3v) is 5.68. The molecule has 0 atom stereocenters.